The molecular weight excluding hydrogens is 665 g/mol. The van der Waals surface area contributed by atoms with Crippen LogP contribution in [-0.4, -0.2) is 31.9 Å². The van der Waals surface area contributed by atoms with Gasteiger partial charge < -0.3 is 14.7 Å². The fraction of sp³-hybridized carbons (Fsp3) is 0.367. The van der Waals surface area contributed by atoms with Gasteiger partial charge in [0.05, 0.1) is 17.0 Å². The number of aryl methyl sites for hydroxylation is 1. The summed E-state index contributed by atoms with van der Waals surface area (Å²) in [4.78, 5) is 23.0. The molecule has 3 unspecified atom stereocenters. The van der Waals surface area contributed by atoms with Crippen molar-refractivity contribution in [3.05, 3.63) is 100 Å². The Balaban J connectivity index is 1.79. The molecule has 0 heterocycles. The highest BCUT2D eigenvalue weighted by Crippen LogP contribution is 2.64. The van der Waals surface area contributed by atoms with Crippen LogP contribution < -0.4 is 10.0 Å². The molecule has 0 radical (unpaired) electrons. The fourth-order valence-corrected chi connectivity index (χ4v) is 7.51. The Kier molecular flexibility index (Phi) is 12.6. The van der Waals surface area contributed by atoms with Crippen LogP contribution in [-0.2, 0) is 36.0 Å². The Labute approximate surface area is 260 Å². The minimum absolute atomic E-state index is 0.0352. The molecule has 13 heteroatoms. The summed E-state index contributed by atoms with van der Waals surface area (Å²) in [6.45, 7) is 3.42. The summed E-state index contributed by atoms with van der Waals surface area (Å²) in [5.74, 6) is -0.437. The van der Waals surface area contributed by atoms with Gasteiger partial charge >= 0.3 is 13.3 Å². The van der Waals surface area contributed by atoms with Crippen molar-refractivity contribution in [2.45, 2.75) is 68.7 Å². The maximum absolute atomic E-state index is 15.2. The lowest BCUT2D eigenvalue weighted by Crippen LogP contribution is -2.34. The second-order valence-electron chi connectivity index (χ2n) is 10.1. The number of halogens is 3. The molecule has 0 aliphatic carbocycles. The van der Waals surface area contributed by atoms with Gasteiger partial charge in [0, 0.05) is 23.0 Å². The van der Waals surface area contributed by atoms with Crippen LogP contribution in [0.3, 0.4) is 0 Å². The van der Waals surface area contributed by atoms with Crippen molar-refractivity contribution in [1.82, 2.24) is 10.0 Å². The van der Waals surface area contributed by atoms with Crippen molar-refractivity contribution < 1.29 is 36.0 Å². The molecular formula is C30H36BrF2N2O6PS. The number of unbranched alkanes of at least 4 members (excludes halogenated alkanes) is 1. The van der Waals surface area contributed by atoms with Crippen LogP contribution in [0.2, 0.25) is 0 Å². The third-order valence-corrected chi connectivity index (χ3v) is 10.5. The van der Waals surface area contributed by atoms with Gasteiger partial charge in [0.15, 0.2) is 0 Å². The van der Waals surface area contributed by atoms with Crippen LogP contribution in [0, 0.1) is 0 Å². The Morgan fingerprint density at radius 1 is 1.05 bits per heavy atom. The van der Waals surface area contributed by atoms with Crippen LogP contribution in [0.15, 0.2) is 88.2 Å². The van der Waals surface area contributed by atoms with E-state index < -0.39 is 46.9 Å². The van der Waals surface area contributed by atoms with E-state index in [4.69, 9.17) is 4.52 Å². The van der Waals surface area contributed by atoms with Gasteiger partial charge in [-0.25, -0.2) is 13.1 Å². The predicted octanol–water partition coefficient (Wildman–Crippen LogP) is 7.05. The van der Waals surface area contributed by atoms with E-state index in [0.717, 1.165) is 18.9 Å². The van der Waals surface area contributed by atoms with Gasteiger partial charge in [0.1, 0.15) is 0 Å². The Morgan fingerprint density at radius 2 is 1.67 bits per heavy atom. The number of hydrogen-bond acceptors (Lipinski definition) is 5. The van der Waals surface area contributed by atoms with E-state index in [1.54, 1.807) is 25.1 Å². The standard InChI is InChI=1S/C30H36BrF2N2O6PS/c1-3-22(2)41-42(37,38)30(32,33)26-18-17-24(20-27(26)31)28(35-43(39,40)25-15-8-5-9-16-25)21-29(36)34-19-11-10-14-23-12-6-4-7-13-23/h4-9,12-13,15-18,20,22,28,35H,3,10-11,14,19,21H2,1-2H3,(H,34,36)(H,37,38). The number of nitrogens with one attached hydrogen (secondary N) is 2. The lowest BCUT2D eigenvalue weighted by Gasteiger charge is -2.26. The average molecular weight is 702 g/mol. The molecule has 3 aromatic carbocycles. The zero-order valence-corrected chi connectivity index (χ0v) is 27.2. The molecule has 8 nitrogen and oxygen atoms in total. The number of alkyl halides is 2. The number of rotatable bonds is 16. The van der Waals surface area contributed by atoms with Gasteiger partial charge in [-0.1, -0.05) is 83.5 Å². The number of carbonyl (C=O) groups excluding carboxylic acids is 1. The number of amides is 1. The molecule has 0 saturated heterocycles. The van der Waals surface area contributed by atoms with Crippen molar-refractivity contribution >= 4 is 39.5 Å². The molecule has 0 aliphatic heterocycles. The molecule has 1 amide bonds. The molecule has 3 aromatic rings. The van der Waals surface area contributed by atoms with E-state index in [-0.39, 0.29) is 27.8 Å². The summed E-state index contributed by atoms with van der Waals surface area (Å²) in [7, 11) is -9.53. The number of benzene rings is 3. The predicted molar refractivity (Wildman–Crippen MR) is 165 cm³/mol. The maximum Gasteiger partial charge on any atom is 0.402 e. The molecule has 234 valence electrons. The van der Waals surface area contributed by atoms with Crippen LogP contribution in [0.1, 0.15) is 62.3 Å². The van der Waals surface area contributed by atoms with Gasteiger partial charge in [-0.15, -0.1) is 0 Å². The second kappa shape index (κ2) is 15.5. The first-order chi connectivity index (χ1) is 20.3. The third kappa shape index (κ3) is 9.76. The molecule has 0 aliphatic rings. The molecule has 0 bridgehead atoms. The number of carbonyl (C=O) groups is 1. The van der Waals surface area contributed by atoms with Crippen LogP contribution >= 0.6 is 23.5 Å². The summed E-state index contributed by atoms with van der Waals surface area (Å²) >= 11 is 3.05. The zero-order chi connectivity index (χ0) is 31.7. The van der Waals surface area contributed by atoms with E-state index in [2.05, 4.69) is 26.0 Å². The van der Waals surface area contributed by atoms with Gasteiger partial charge in [0.2, 0.25) is 15.9 Å². The first-order valence-corrected chi connectivity index (χ1v) is 17.7. The van der Waals surface area contributed by atoms with E-state index in [1.807, 2.05) is 30.3 Å². The van der Waals surface area contributed by atoms with Gasteiger partial charge in [-0.2, -0.15) is 8.78 Å². The quantitative estimate of drug-likeness (QED) is 0.109. The Hall–Kier alpha value is -2.47. The van der Waals surface area contributed by atoms with Crippen molar-refractivity contribution in [3.63, 3.8) is 0 Å². The maximum atomic E-state index is 15.2. The topological polar surface area (TPSA) is 122 Å². The molecule has 3 N–H and O–H groups in total. The first-order valence-electron chi connectivity index (χ1n) is 13.8. The second-order valence-corrected chi connectivity index (χ2v) is 14.5. The summed E-state index contributed by atoms with van der Waals surface area (Å²) in [5.41, 5.74) is -3.68. The smallest absolute Gasteiger partial charge is 0.356 e. The molecule has 3 atom stereocenters. The Morgan fingerprint density at radius 3 is 2.28 bits per heavy atom. The van der Waals surface area contributed by atoms with Crippen molar-refractivity contribution in [2.24, 2.45) is 0 Å². The molecule has 3 rings (SSSR count). The molecule has 0 spiro atoms. The van der Waals surface area contributed by atoms with Crippen LogP contribution in [0.5, 0.6) is 0 Å². The number of sulfonamides is 1. The summed E-state index contributed by atoms with van der Waals surface area (Å²) < 4.78 is 76.2. The molecule has 0 aromatic heterocycles. The average Bonchev–Trinajstić information content (AvgIpc) is 2.97. The highest BCUT2D eigenvalue weighted by Gasteiger charge is 2.54. The molecule has 0 saturated carbocycles. The van der Waals surface area contributed by atoms with Crippen molar-refractivity contribution in [2.75, 3.05) is 6.54 Å². The highest BCUT2D eigenvalue weighted by molar-refractivity contribution is 9.10. The SMILES string of the molecule is CCC(C)OP(=O)(O)C(F)(F)c1ccc(C(CC(=O)NCCCCc2ccccc2)NS(=O)(=O)c2ccccc2)cc1Br. The van der Waals surface area contributed by atoms with Crippen molar-refractivity contribution in [3.8, 4) is 0 Å². The Bertz CT molecular complexity index is 1510. The molecule has 43 heavy (non-hydrogen) atoms. The van der Waals surface area contributed by atoms with Crippen molar-refractivity contribution in [1.29, 1.82) is 0 Å². The minimum Gasteiger partial charge on any atom is -0.356 e. The zero-order valence-electron chi connectivity index (χ0n) is 23.9. The van der Waals surface area contributed by atoms with Crippen LogP contribution in [0.25, 0.3) is 0 Å². The normalized spacial score (nSPS) is 14.9. The first kappa shape index (κ1) is 35.0. The monoisotopic (exact) mass is 700 g/mol. The van der Waals surface area contributed by atoms with E-state index >= 15 is 8.78 Å². The summed E-state index contributed by atoms with van der Waals surface area (Å²) in [5, 5.41) is 2.80. The van der Waals surface area contributed by atoms with Gasteiger partial charge in [-0.05, 0) is 61.9 Å². The van der Waals surface area contributed by atoms with Crippen LogP contribution in [0.4, 0.5) is 8.78 Å². The summed E-state index contributed by atoms with van der Waals surface area (Å²) in [6.07, 6.45) is 1.45. The minimum atomic E-state index is -5.43. The lowest BCUT2D eigenvalue weighted by atomic mass is 10.0. The van der Waals surface area contributed by atoms with E-state index in [0.29, 0.717) is 13.0 Å². The van der Waals surface area contributed by atoms with Gasteiger partial charge in [0.25, 0.3) is 0 Å². The van der Waals surface area contributed by atoms with E-state index in [1.165, 1.54) is 36.8 Å². The van der Waals surface area contributed by atoms with Gasteiger partial charge in [-0.3, -0.25) is 9.36 Å². The van der Waals surface area contributed by atoms with E-state index in [9.17, 15) is 22.7 Å². The summed E-state index contributed by atoms with van der Waals surface area (Å²) in [6, 6.07) is 19.6. The fourth-order valence-electron chi connectivity index (χ4n) is 4.20. The highest BCUT2D eigenvalue weighted by atomic mass is 79.9. The number of hydrogen-bond donors (Lipinski definition) is 3. The largest absolute Gasteiger partial charge is 0.402 e. The lowest BCUT2D eigenvalue weighted by molar-refractivity contribution is -0.121. The molecule has 0 fully saturated rings. The third-order valence-electron chi connectivity index (χ3n) is 6.77.